The molecule has 28 heteroatoms. The molecule has 0 aliphatic rings. The van der Waals surface area contributed by atoms with Crippen molar-refractivity contribution in [2.24, 2.45) is 0 Å². The van der Waals surface area contributed by atoms with E-state index in [1.54, 1.807) is 95.7 Å². The van der Waals surface area contributed by atoms with Gasteiger partial charge in [-0.15, -0.1) is 0 Å². The molecule has 0 saturated heterocycles. The van der Waals surface area contributed by atoms with Crippen LogP contribution in [-0.4, -0.2) is 164 Å². The zero-order chi connectivity index (χ0) is 72.6. The molecule has 0 aliphatic carbocycles. The summed E-state index contributed by atoms with van der Waals surface area (Å²) >= 11 is 7.19. The number of carbonyl (C=O) groups is 4. The van der Waals surface area contributed by atoms with Gasteiger partial charge >= 0.3 is 88.8 Å². The van der Waals surface area contributed by atoms with Crippen LogP contribution in [0.15, 0.2) is 170 Å². The van der Waals surface area contributed by atoms with Crippen LogP contribution in [0.2, 0.25) is 71.3 Å². The second-order valence-corrected chi connectivity index (χ2v) is 53.5. The van der Waals surface area contributed by atoms with Gasteiger partial charge in [-0.25, -0.2) is 19.9 Å². The summed E-state index contributed by atoms with van der Waals surface area (Å²) in [7, 11) is 4.18. The van der Waals surface area contributed by atoms with Crippen LogP contribution in [-0.2, 0) is 22.9 Å². The number of fused-ring (bicyclic) bond motifs is 9. The summed E-state index contributed by atoms with van der Waals surface area (Å²) in [6, 6.07) is 34.3. The maximum atomic E-state index is 11.8. The number of ether oxygens (including phenoxy) is 2. The fourth-order valence-corrected chi connectivity index (χ4v) is 15.1. The number of H-pyrrole nitrogens is 1. The molecule has 13 aromatic rings. The van der Waals surface area contributed by atoms with Crippen LogP contribution in [0.25, 0.3) is 88.6 Å². The topological polar surface area (TPSA) is 289 Å². The molecule has 4 amide bonds. The number of pyridine rings is 10. The molecular formula is C73H83BrClN17O6Si2Sn. The standard InChI is InChI=1S/C23H27N5O2Si.C17H13N5O.C16H20ClN3OSi.C7H7BrN2O.C7H7N2O.3CH3.Sn/c1-24-23(29)16-5-7-19(26-13-16)20-8-6-17-18-14-25-10-9-21(18)28(22(17)27-20)15-30-11-12-31(2,3)4;1-18-17(23)10-2-4-14(20-8-10)15-5-3-11-12-9-19-7-6-13(12)21-16(11)22-15;1-22(2,3)9-8-21-11-20-14-6-7-18-10-13(14)12-4-5-15(17)19-16(12)20;1-9-7(11)5-2-3-6(8)10-4-5;1-8-7(10)6-3-2-4-9-5-6;;;;/h5-10,13-14H,11-12,15H2,1-4H3,(H,24,29);2-9H,1H3,(H,18,23)(H,21,22);4-7,10H,8-9,11H2,1-3H3;2-4H,1H3,(H,9,11);2-3,5H,1H3,(H,8,10);3*1H3;. The van der Waals surface area contributed by atoms with Crippen molar-refractivity contribution in [2.45, 2.75) is 79.7 Å². The zero-order valence-corrected chi connectivity index (χ0v) is 66.1. The Bertz CT molecular complexity index is 5030. The molecule has 0 saturated carbocycles. The molecule has 0 unspecified atom stereocenters. The Morgan fingerprint density at radius 1 is 0.465 bits per heavy atom. The van der Waals surface area contributed by atoms with Crippen molar-refractivity contribution in [2.75, 3.05) is 41.4 Å². The number of hydrogen-bond acceptors (Lipinski definition) is 16. The molecule has 0 aromatic carbocycles. The predicted octanol–water partition coefficient (Wildman–Crippen LogP) is 13.6. The van der Waals surface area contributed by atoms with E-state index in [4.69, 9.17) is 26.1 Å². The van der Waals surface area contributed by atoms with Crippen molar-refractivity contribution >= 4 is 155 Å². The molecule has 0 atom stereocenters. The number of halogens is 2. The molecule has 101 heavy (non-hydrogen) atoms. The number of aromatic amines is 1. The number of amides is 4. The van der Waals surface area contributed by atoms with Gasteiger partial charge in [0.2, 0.25) is 0 Å². The van der Waals surface area contributed by atoms with Gasteiger partial charge in [-0.3, -0.25) is 39.3 Å². The van der Waals surface area contributed by atoms with Gasteiger partial charge < -0.3 is 39.5 Å². The molecule has 13 rings (SSSR count). The van der Waals surface area contributed by atoms with Crippen molar-refractivity contribution in [3.05, 3.63) is 197 Å². The molecule has 0 spiro atoms. The Morgan fingerprint density at radius 2 is 0.881 bits per heavy atom. The van der Waals surface area contributed by atoms with E-state index in [9.17, 15) is 19.2 Å². The fraction of sp³-hybridized carbons (Fsp3) is 0.260. The SMILES string of the molecule is CNC(=O)c1cc[c]([Sn]([CH3])([CH3])[CH3])nc1.CNC(=O)c1ccc(-c2ccc3c(n2)[nH]c2ccncc23)nc1.CNC(=O)c1ccc(-c2ccc3c4cnccc4n(COCC[Si](C)(C)C)c3n2)nc1.CNC(=O)c1ccc(Br)nc1.C[Si](C)(C)CCOCn1c2ccncc2c2ccc(Cl)nc21. The average molecular weight is 1580 g/mol. The molecule has 0 radical (unpaired) electrons. The van der Waals surface area contributed by atoms with Gasteiger partial charge in [-0.1, -0.05) is 50.9 Å². The molecule has 0 bridgehead atoms. The van der Waals surface area contributed by atoms with Gasteiger partial charge in [0.15, 0.2) is 0 Å². The summed E-state index contributed by atoms with van der Waals surface area (Å²) in [5.74, 6) is -0.515. The largest absolute Gasteiger partial charge is 0.361 e. The van der Waals surface area contributed by atoms with Crippen LogP contribution in [0.4, 0.5) is 0 Å². The van der Waals surface area contributed by atoms with Crippen LogP contribution in [0, 0.1) is 0 Å². The van der Waals surface area contributed by atoms with Crippen LogP contribution in [0.5, 0.6) is 0 Å². The Labute approximate surface area is 605 Å². The Balaban J connectivity index is 0.000000153. The van der Waals surface area contributed by atoms with E-state index in [0.717, 1.165) is 113 Å². The Morgan fingerprint density at radius 3 is 1.32 bits per heavy atom. The minimum absolute atomic E-state index is 0.0758. The third kappa shape index (κ3) is 20.0. The van der Waals surface area contributed by atoms with Crippen LogP contribution < -0.4 is 25.0 Å². The minimum Gasteiger partial charge on any atom is -0.361 e. The predicted molar refractivity (Wildman–Crippen MR) is 414 cm³/mol. The first-order chi connectivity index (χ1) is 48.3. The zero-order valence-electron chi connectivity index (χ0n) is 58.9. The quantitative estimate of drug-likeness (QED) is 0.0322. The molecular weight excluding hydrogens is 1500 g/mol. The summed E-state index contributed by atoms with van der Waals surface area (Å²) in [6.45, 7) is 16.5. The van der Waals surface area contributed by atoms with E-state index < -0.39 is 34.5 Å². The van der Waals surface area contributed by atoms with E-state index in [1.807, 2.05) is 85.3 Å². The van der Waals surface area contributed by atoms with E-state index in [0.29, 0.717) is 46.6 Å². The van der Waals surface area contributed by atoms with E-state index in [2.05, 4.69) is 156 Å². The number of aromatic nitrogens is 13. The van der Waals surface area contributed by atoms with Gasteiger partial charge in [0.05, 0.1) is 56.0 Å². The first kappa shape index (κ1) is 75.9. The van der Waals surface area contributed by atoms with E-state index in [1.165, 1.54) is 9.91 Å². The van der Waals surface area contributed by atoms with Crippen LogP contribution >= 0.6 is 27.5 Å². The van der Waals surface area contributed by atoms with Gasteiger partial charge in [-0.05, 0) is 119 Å². The Kier molecular flexibility index (Phi) is 25.8. The maximum Gasteiger partial charge on any atom is 0.252 e. The van der Waals surface area contributed by atoms with E-state index in [-0.39, 0.29) is 23.6 Å². The molecule has 13 heterocycles. The molecule has 0 fully saturated rings. The Hall–Kier alpha value is -9.30. The fourth-order valence-electron chi connectivity index (χ4n) is 10.2. The number of nitrogens with one attached hydrogen (secondary N) is 5. The van der Waals surface area contributed by atoms with Crippen molar-refractivity contribution in [1.29, 1.82) is 0 Å². The molecule has 522 valence electrons. The summed E-state index contributed by atoms with van der Waals surface area (Å²) in [5.41, 5.74) is 10.8. The number of carbonyl (C=O) groups excluding carboxylic acids is 4. The monoisotopic (exact) mass is 1580 g/mol. The summed E-state index contributed by atoms with van der Waals surface area (Å²) in [5, 5.41) is 17.0. The van der Waals surface area contributed by atoms with Gasteiger partial charge in [0.25, 0.3) is 17.7 Å². The van der Waals surface area contributed by atoms with Crippen molar-refractivity contribution in [3.63, 3.8) is 0 Å². The molecule has 23 nitrogen and oxygen atoms in total. The average Bonchev–Trinajstić information content (AvgIpc) is 1.62. The normalized spacial score (nSPS) is 11.4. The molecule has 13 aromatic heterocycles. The molecule has 5 N–H and O–H groups in total. The van der Waals surface area contributed by atoms with Crippen LogP contribution in [0.1, 0.15) is 41.4 Å². The smallest absolute Gasteiger partial charge is 0.252 e. The van der Waals surface area contributed by atoms with Gasteiger partial charge in [0, 0.05) is 139 Å². The second-order valence-electron chi connectivity index (χ2n) is 26.8. The maximum absolute atomic E-state index is 11.8. The van der Waals surface area contributed by atoms with E-state index >= 15 is 0 Å². The van der Waals surface area contributed by atoms with Crippen molar-refractivity contribution in [1.82, 2.24) is 85.2 Å². The summed E-state index contributed by atoms with van der Waals surface area (Å²) < 4.78 is 18.0. The van der Waals surface area contributed by atoms with Crippen LogP contribution in [0.3, 0.4) is 0 Å². The summed E-state index contributed by atoms with van der Waals surface area (Å²) in [6.07, 6.45) is 17.2. The van der Waals surface area contributed by atoms with Crippen molar-refractivity contribution < 1.29 is 28.7 Å². The van der Waals surface area contributed by atoms with Crippen molar-refractivity contribution in [3.8, 4) is 22.8 Å². The molecule has 0 aliphatic heterocycles. The number of rotatable bonds is 17. The summed E-state index contributed by atoms with van der Waals surface area (Å²) in [4.78, 5) is 99.4. The third-order valence-corrected chi connectivity index (χ3v) is 25.3. The van der Waals surface area contributed by atoms with Gasteiger partial charge in [-0.2, -0.15) is 0 Å². The number of hydrogen-bond donors (Lipinski definition) is 5. The minimum atomic E-state index is -2.05. The first-order valence-corrected chi connectivity index (χ1v) is 51.2. The second kappa shape index (κ2) is 34.4. The first-order valence-electron chi connectivity index (χ1n) is 32.7. The van der Waals surface area contributed by atoms with Gasteiger partial charge in [0.1, 0.15) is 40.2 Å². The number of nitrogens with zero attached hydrogens (tertiary/aromatic N) is 12. The third-order valence-electron chi connectivity index (χ3n) is 15.9.